The normalized spacial score (nSPS) is 19.6. The van der Waals surface area contributed by atoms with Gasteiger partial charge in [-0.3, -0.25) is 10.2 Å². The summed E-state index contributed by atoms with van der Waals surface area (Å²) in [6, 6.07) is 16.1. The molecule has 5 nitrogen and oxygen atoms in total. The summed E-state index contributed by atoms with van der Waals surface area (Å²) in [4.78, 5) is 12.5. The number of carbonyl (C=O) groups is 1. The first kappa shape index (κ1) is 17.5. The minimum Gasteiger partial charge on any atom is -0.492 e. The SMILES string of the molecule is Cc1cc(C)cc(OCCNC(=O)C2CNNC2c2ccccc2)c1. The summed E-state index contributed by atoms with van der Waals surface area (Å²) in [6.07, 6.45) is 0. The molecule has 2 unspecified atom stereocenters. The lowest BCUT2D eigenvalue weighted by Crippen LogP contribution is -2.37. The van der Waals surface area contributed by atoms with Crippen molar-refractivity contribution in [2.45, 2.75) is 19.9 Å². The maximum atomic E-state index is 12.5. The van der Waals surface area contributed by atoms with Gasteiger partial charge in [0, 0.05) is 6.54 Å². The average molecular weight is 339 g/mol. The van der Waals surface area contributed by atoms with Crippen molar-refractivity contribution in [3.05, 3.63) is 65.2 Å². The number of hydrogen-bond acceptors (Lipinski definition) is 4. The number of benzene rings is 2. The first-order valence-corrected chi connectivity index (χ1v) is 8.65. The third-order valence-electron chi connectivity index (χ3n) is 4.34. The Morgan fingerprint density at radius 3 is 2.60 bits per heavy atom. The Balaban J connectivity index is 1.49. The van der Waals surface area contributed by atoms with E-state index in [9.17, 15) is 4.79 Å². The Morgan fingerprint density at radius 1 is 1.16 bits per heavy atom. The molecule has 132 valence electrons. The van der Waals surface area contributed by atoms with Gasteiger partial charge in [0.15, 0.2) is 0 Å². The summed E-state index contributed by atoms with van der Waals surface area (Å²) < 4.78 is 5.75. The van der Waals surface area contributed by atoms with Crippen LogP contribution in [-0.4, -0.2) is 25.6 Å². The van der Waals surface area contributed by atoms with E-state index in [-0.39, 0.29) is 17.9 Å². The maximum absolute atomic E-state index is 12.5. The minimum absolute atomic E-state index is 0.0125. The van der Waals surface area contributed by atoms with Gasteiger partial charge in [0.05, 0.1) is 18.5 Å². The fraction of sp³-hybridized carbons (Fsp3) is 0.350. The highest BCUT2D eigenvalue weighted by Crippen LogP contribution is 2.24. The first-order valence-electron chi connectivity index (χ1n) is 8.65. The second-order valence-electron chi connectivity index (χ2n) is 6.48. The van der Waals surface area contributed by atoms with Gasteiger partial charge >= 0.3 is 0 Å². The highest BCUT2D eigenvalue weighted by Gasteiger charge is 2.33. The zero-order valence-corrected chi connectivity index (χ0v) is 14.7. The summed E-state index contributed by atoms with van der Waals surface area (Å²) in [5.74, 6) is 0.747. The molecule has 3 rings (SSSR count). The van der Waals surface area contributed by atoms with Crippen molar-refractivity contribution in [1.82, 2.24) is 16.2 Å². The number of carbonyl (C=O) groups excluding carboxylic acids is 1. The van der Waals surface area contributed by atoms with E-state index < -0.39 is 0 Å². The van der Waals surface area contributed by atoms with Gasteiger partial charge < -0.3 is 10.1 Å². The molecular formula is C20H25N3O2. The quantitative estimate of drug-likeness (QED) is 0.707. The standard InChI is InChI=1S/C20H25N3O2/c1-14-10-15(2)12-17(11-14)25-9-8-21-20(24)18-13-22-23-19(18)16-6-4-3-5-7-16/h3-7,10-12,18-19,22-23H,8-9,13H2,1-2H3,(H,21,24). The van der Waals surface area contributed by atoms with Crippen LogP contribution < -0.4 is 20.9 Å². The molecule has 1 fully saturated rings. The second kappa shape index (κ2) is 8.14. The van der Waals surface area contributed by atoms with Gasteiger partial charge in [-0.15, -0.1) is 0 Å². The topological polar surface area (TPSA) is 62.4 Å². The van der Waals surface area contributed by atoms with Crippen molar-refractivity contribution in [2.24, 2.45) is 5.92 Å². The second-order valence-corrected chi connectivity index (χ2v) is 6.48. The van der Waals surface area contributed by atoms with Gasteiger partial charge in [-0.1, -0.05) is 36.4 Å². The molecule has 25 heavy (non-hydrogen) atoms. The van der Waals surface area contributed by atoms with Crippen LogP contribution in [0.25, 0.3) is 0 Å². The van der Waals surface area contributed by atoms with Crippen LogP contribution in [0.15, 0.2) is 48.5 Å². The Kier molecular flexibility index (Phi) is 5.68. The van der Waals surface area contributed by atoms with E-state index in [4.69, 9.17) is 4.74 Å². The van der Waals surface area contributed by atoms with E-state index in [0.29, 0.717) is 19.7 Å². The maximum Gasteiger partial charge on any atom is 0.226 e. The van der Waals surface area contributed by atoms with Crippen molar-refractivity contribution in [1.29, 1.82) is 0 Å². The smallest absolute Gasteiger partial charge is 0.226 e. The molecule has 1 aliphatic heterocycles. The van der Waals surface area contributed by atoms with Crippen LogP contribution >= 0.6 is 0 Å². The number of hydrogen-bond donors (Lipinski definition) is 3. The van der Waals surface area contributed by atoms with E-state index >= 15 is 0 Å². The predicted molar refractivity (Wildman–Crippen MR) is 98.2 cm³/mol. The summed E-state index contributed by atoms with van der Waals surface area (Å²) in [7, 11) is 0. The molecule has 1 aliphatic rings. The van der Waals surface area contributed by atoms with Crippen molar-refractivity contribution < 1.29 is 9.53 Å². The van der Waals surface area contributed by atoms with Gasteiger partial charge in [-0.25, -0.2) is 5.43 Å². The number of hydrazine groups is 1. The highest BCUT2D eigenvalue weighted by atomic mass is 16.5. The minimum atomic E-state index is -0.136. The largest absolute Gasteiger partial charge is 0.492 e. The van der Waals surface area contributed by atoms with E-state index in [2.05, 4.69) is 22.2 Å². The van der Waals surface area contributed by atoms with Crippen LogP contribution in [0.2, 0.25) is 0 Å². The molecule has 0 aromatic heterocycles. The fourth-order valence-electron chi connectivity index (χ4n) is 3.21. The Bertz CT molecular complexity index is 698. The van der Waals surface area contributed by atoms with Crippen molar-refractivity contribution >= 4 is 5.91 Å². The van der Waals surface area contributed by atoms with Gasteiger partial charge in [-0.2, -0.15) is 0 Å². The third-order valence-corrected chi connectivity index (χ3v) is 4.34. The van der Waals surface area contributed by atoms with Gasteiger partial charge in [-0.05, 0) is 42.7 Å². The van der Waals surface area contributed by atoms with E-state index in [1.165, 1.54) is 11.1 Å². The molecule has 0 aliphatic carbocycles. The number of rotatable bonds is 6. The Morgan fingerprint density at radius 2 is 1.88 bits per heavy atom. The molecule has 2 aromatic rings. The number of ether oxygens (including phenoxy) is 1. The predicted octanol–water partition coefficient (Wildman–Crippen LogP) is 2.26. The zero-order valence-electron chi connectivity index (χ0n) is 14.7. The van der Waals surface area contributed by atoms with Crippen LogP contribution in [0.5, 0.6) is 5.75 Å². The van der Waals surface area contributed by atoms with Crippen LogP contribution in [0, 0.1) is 19.8 Å². The molecule has 1 amide bonds. The lowest BCUT2D eigenvalue weighted by molar-refractivity contribution is -0.125. The molecule has 2 aromatic carbocycles. The van der Waals surface area contributed by atoms with Crippen LogP contribution in [0.3, 0.4) is 0 Å². The molecule has 0 saturated carbocycles. The number of amides is 1. The molecule has 0 bridgehead atoms. The molecular weight excluding hydrogens is 314 g/mol. The van der Waals surface area contributed by atoms with Crippen molar-refractivity contribution in [3.63, 3.8) is 0 Å². The average Bonchev–Trinajstić information content (AvgIpc) is 3.08. The molecule has 0 radical (unpaired) electrons. The van der Waals surface area contributed by atoms with Crippen molar-refractivity contribution in [2.75, 3.05) is 19.7 Å². The molecule has 1 saturated heterocycles. The van der Waals surface area contributed by atoms with E-state index in [1.807, 2.05) is 56.3 Å². The monoisotopic (exact) mass is 339 g/mol. The summed E-state index contributed by atoms with van der Waals surface area (Å²) in [5.41, 5.74) is 9.74. The van der Waals surface area contributed by atoms with Gasteiger partial charge in [0.2, 0.25) is 5.91 Å². The molecule has 0 spiro atoms. The number of aryl methyl sites for hydroxylation is 2. The number of nitrogens with one attached hydrogen (secondary N) is 3. The van der Waals surface area contributed by atoms with E-state index in [0.717, 1.165) is 11.3 Å². The Labute approximate surface area is 148 Å². The lowest BCUT2D eigenvalue weighted by Gasteiger charge is -2.18. The first-order chi connectivity index (χ1) is 12.1. The van der Waals surface area contributed by atoms with E-state index in [1.54, 1.807) is 0 Å². The summed E-state index contributed by atoms with van der Waals surface area (Å²) >= 11 is 0. The molecule has 1 heterocycles. The lowest BCUT2D eigenvalue weighted by atomic mass is 9.94. The highest BCUT2D eigenvalue weighted by molar-refractivity contribution is 5.80. The summed E-state index contributed by atoms with van der Waals surface area (Å²) in [5, 5.41) is 2.98. The Hall–Kier alpha value is -2.37. The van der Waals surface area contributed by atoms with Crippen LogP contribution in [0.1, 0.15) is 22.7 Å². The molecule has 2 atom stereocenters. The van der Waals surface area contributed by atoms with Gasteiger partial charge in [0.25, 0.3) is 0 Å². The zero-order chi connectivity index (χ0) is 17.6. The van der Waals surface area contributed by atoms with Crippen molar-refractivity contribution in [3.8, 4) is 5.75 Å². The molecule has 3 N–H and O–H groups in total. The summed E-state index contributed by atoms with van der Waals surface area (Å²) in [6.45, 7) is 5.66. The molecule has 5 heteroatoms. The van der Waals surface area contributed by atoms with Crippen LogP contribution in [0.4, 0.5) is 0 Å². The third kappa shape index (κ3) is 4.59. The van der Waals surface area contributed by atoms with Crippen LogP contribution in [-0.2, 0) is 4.79 Å². The van der Waals surface area contributed by atoms with Gasteiger partial charge in [0.1, 0.15) is 12.4 Å². The fourth-order valence-corrected chi connectivity index (χ4v) is 3.21.